The van der Waals surface area contributed by atoms with Crippen molar-refractivity contribution in [1.29, 1.82) is 0 Å². The van der Waals surface area contributed by atoms with Crippen LogP contribution in [-0.4, -0.2) is 27.2 Å². The van der Waals surface area contributed by atoms with E-state index in [2.05, 4.69) is 16.4 Å². The third kappa shape index (κ3) is 2.37. The first kappa shape index (κ1) is 11.9. The number of aliphatic carboxylic acids is 1. The Morgan fingerprint density at radius 2 is 2.37 bits per heavy atom. The fourth-order valence-electron chi connectivity index (χ4n) is 2.49. The molecule has 1 saturated heterocycles. The van der Waals surface area contributed by atoms with Gasteiger partial charge in [0.25, 0.3) is 0 Å². The molecule has 0 aliphatic carbocycles. The van der Waals surface area contributed by atoms with Gasteiger partial charge in [-0.2, -0.15) is 0 Å². The number of carboxylic acid groups (broad SMARTS) is 1. The Bertz CT molecular complexity index is 580. The van der Waals surface area contributed by atoms with Crippen LogP contribution < -0.4 is 5.32 Å². The highest BCUT2D eigenvalue weighted by atomic mass is 16.4. The Morgan fingerprint density at radius 1 is 1.47 bits per heavy atom. The summed E-state index contributed by atoms with van der Waals surface area (Å²) in [5.41, 5.74) is 2.16. The average molecular weight is 257 g/mol. The minimum atomic E-state index is -0.722. The molecule has 0 saturated carbocycles. The molecule has 1 fully saturated rings. The van der Waals surface area contributed by atoms with E-state index in [0.29, 0.717) is 13.0 Å². The topological polar surface area (TPSA) is 67.2 Å². The maximum Gasteiger partial charge on any atom is 0.307 e. The number of hydrogen-bond acceptors (Lipinski definition) is 3. The summed E-state index contributed by atoms with van der Waals surface area (Å²) in [4.78, 5) is 15.0. The van der Waals surface area contributed by atoms with Crippen LogP contribution in [0.5, 0.6) is 0 Å². The fraction of sp³-hybridized carbons (Fsp3) is 0.286. The van der Waals surface area contributed by atoms with Crippen molar-refractivity contribution in [3.8, 4) is 5.69 Å². The lowest BCUT2D eigenvalue weighted by Crippen LogP contribution is -2.17. The Hall–Kier alpha value is -2.14. The van der Waals surface area contributed by atoms with Gasteiger partial charge in [0.15, 0.2) is 0 Å². The van der Waals surface area contributed by atoms with Crippen molar-refractivity contribution in [1.82, 2.24) is 14.9 Å². The predicted molar refractivity (Wildman–Crippen MR) is 70.1 cm³/mol. The molecule has 1 aromatic heterocycles. The van der Waals surface area contributed by atoms with E-state index in [0.717, 1.165) is 11.3 Å². The van der Waals surface area contributed by atoms with Crippen LogP contribution in [0.1, 0.15) is 18.0 Å². The lowest BCUT2D eigenvalue weighted by atomic mass is 10.00. The van der Waals surface area contributed by atoms with Crippen LogP contribution in [0.25, 0.3) is 5.69 Å². The Morgan fingerprint density at radius 3 is 3.05 bits per heavy atom. The normalized spacial score (nSPS) is 22.5. The summed E-state index contributed by atoms with van der Waals surface area (Å²) < 4.78 is 1.94. The number of aromatic nitrogens is 2. The second-order valence-electron chi connectivity index (χ2n) is 4.80. The second-order valence-corrected chi connectivity index (χ2v) is 4.80. The Labute approximate surface area is 110 Å². The van der Waals surface area contributed by atoms with E-state index in [9.17, 15) is 4.79 Å². The third-order valence-corrected chi connectivity index (χ3v) is 3.56. The summed E-state index contributed by atoms with van der Waals surface area (Å²) in [6, 6.07) is 8.21. The monoisotopic (exact) mass is 257 g/mol. The second kappa shape index (κ2) is 4.85. The van der Waals surface area contributed by atoms with Crippen LogP contribution in [0.3, 0.4) is 0 Å². The number of carboxylic acids is 1. The first-order valence-electron chi connectivity index (χ1n) is 6.28. The first-order chi connectivity index (χ1) is 9.24. The zero-order valence-corrected chi connectivity index (χ0v) is 10.4. The molecule has 2 aromatic rings. The smallest absolute Gasteiger partial charge is 0.307 e. The zero-order chi connectivity index (χ0) is 13.2. The number of benzene rings is 1. The molecule has 1 aliphatic heterocycles. The van der Waals surface area contributed by atoms with Gasteiger partial charge in [-0.1, -0.05) is 12.1 Å². The Kier molecular flexibility index (Phi) is 3.05. The summed E-state index contributed by atoms with van der Waals surface area (Å²) in [5.74, 6) is -1.01. The molecule has 0 bridgehead atoms. The fourth-order valence-corrected chi connectivity index (χ4v) is 2.49. The van der Waals surface area contributed by atoms with Crippen molar-refractivity contribution in [2.24, 2.45) is 5.92 Å². The van der Waals surface area contributed by atoms with Crippen LogP contribution in [0.15, 0.2) is 43.0 Å². The van der Waals surface area contributed by atoms with Gasteiger partial charge < -0.3 is 15.0 Å². The maximum atomic E-state index is 11.0. The molecule has 98 valence electrons. The maximum absolute atomic E-state index is 11.0. The van der Waals surface area contributed by atoms with Crippen LogP contribution in [-0.2, 0) is 4.79 Å². The standard InChI is InChI=1S/C14H15N3O2/c18-14(19)11-7-13(16-8-11)10-2-1-3-12(6-10)17-5-4-15-9-17/h1-6,9,11,13,16H,7-8H2,(H,18,19). The molecule has 0 radical (unpaired) electrons. The minimum absolute atomic E-state index is 0.115. The molecule has 2 unspecified atom stereocenters. The molecule has 3 rings (SSSR count). The van der Waals surface area contributed by atoms with Gasteiger partial charge in [-0.25, -0.2) is 4.98 Å². The molecule has 5 nitrogen and oxygen atoms in total. The lowest BCUT2D eigenvalue weighted by Gasteiger charge is -2.12. The van der Waals surface area contributed by atoms with Crippen molar-refractivity contribution in [3.63, 3.8) is 0 Å². The molecular weight excluding hydrogens is 242 g/mol. The Balaban J connectivity index is 1.83. The summed E-state index contributed by atoms with van der Waals surface area (Å²) in [6.45, 7) is 0.537. The minimum Gasteiger partial charge on any atom is -0.481 e. The first-order valence-corrected chi connectivity index (χ1v) is 6.28. The number of imidazole rings is 1. The molecule has 19 heavy (non-hydrogen) atoms. The number of carbonyl (C=O) groups is 1. The van der Waals surface area contributed by atoms with Crippen LogP contribution in [0, 0.1) is 5.92 Å². The van der Waals surface area contributed by atoms with Crippen molar-refractivity contribution in [2.75, 3.05) is 6.54 Å². The van der Waals surface area contributed by atoms with Gasteiger partial charge in [0.1, 0.15) is 0 Å². The molecule has 0 spiro atoms. The van der Waals surface area contributed by atoms with Crippen LogP contribution >= 0.6 is 0 Å². The van der Waals surface area contributed by atoms with Crippen molar-refractivity contribution < 1.29 is 9.90 Å². The molecular formula is C14H15N3O2. The van der Waals surface area contributed by atoms with Gasteiger partial charge >= 0.3 is 5.97 Å². The number of nitrogens with one attached hydrogen (secondary N) is 1. The highest BCUT2D eigenvalue weighted by molar-refractivity contribution is 5.70. The molecule has 1 aromatic carbocycles. The highest BCUT2D eigenvalue weighted by Crippen LogP contribution is 2.28. The van der Waals surface area contributed by atoms with E-state index in [1.54, 1.807) is 12.5 Å². The summed E-state index contributed by atoms with van der Waals surface area (Å²) in [7, 11) is 0. The van der Waals surface area contributed by atoms with Gasteiger partial charge in [0.2, 0.25) is 0 Å². The summed E-state index contributed by atoms with van der Waals surface area (Å²) in [6.07, 6.45) is 6.02. The van der Waals surface area contributed by atoms with Gasteiger partial charge in [-0.15, -0.1) is 0 Å². The number of rotatable bonds is 3. The van der Waals surface area contributed by atoms with Gasteiger partial charge in [-0.05, 0) is 24.1 Å². The third-order valence-electron chi connectivity index (χ3n) is 3.56. The van der Waals surface area contributed by atoms with Crippen molar-refractivity contribution in [2.45, 2.75) is 12.5 Å². The van der Waals surface area contributed by atoms with Crippen molar-refractivity contribution >= 4 is 5.97 Å². The van der Waals surface area contributed by atoms with E-state index in [1.165, 1.54) is 0 Å². The van der Waals surface area contributed by atoms with E-state index >= 15 is 0 Å². The van der Waals surface area contributed by atoms with Gasteiger partial charge in [0, 0.05) is 30.7 Å². The molecule has 1 aliphatic rings. The number of nitrogens with zero attached hydrogens (tertiary/aromatic N) is 2. The van der Waals surface area contributed by atoms with Crippen molar-refractivity contribution in [3.05, 3.63) is 48.5 Å². The molecule has 2 N–H and O–H groups in total. The molecule has 2 heterocycles. The lowest BCUT2D eigenvalue weighted by molar-refractivity contribution is -0.141. The number of hydrogen-bond donors (Lipinski definition) is 2. The van der Waals surface area contributed by atoms with Gasteiger partial charge in [0.05, 0.1) is 12.2 Å². The zero-order valence-electron chi connectivity index (χ0n) is 10.4. The molecule has 0 amide bonds. The SMILES string of the molecule is O=C(O)C1CNC(c2cccc(-n3ccnc3)c2)C1. The van der Waals surface area contributed by atoms with Gasteiger partial charge in [-0.3, -0.25) is 4.79 Å². The average Bonchev–Trinajstić information content (AvgIpc) is 3.10. The quantitative estimate of drug-likeness (QED) is 0.876. The highest BCUT2D eigenvalue weighted by Gasteiger charge is 2.30. The summed E-state index contributed by atoms with van der Waals surface area (Å²) >= 11 is 0. The predicted octanol–water partition coefficient (Wildman–Crippen LogP) is 1.61. The largest absolute Gasteiger partial charge is 0.481 e. The van der Waals surface area contributed by atoms with E-state index in [4.69, 9.17) is 5.11 Å². The van der Waals surface area contributed by atoms with E-state index in [1.807, 2.05) is 29.0 Å². The van der Waals surface area contributed by atoms with Crippen LogP contribution in [0.4, 0.5) is 0 Å². The summed E-state index contributed by atoms with van der Waals surface area (Å²) in [5, 5.41) is 12.3. The molecule has 5 heteroatoms. The van der Waals surface area contributed by atoms with E-state index in [-0.39, 0.29) is 12.0 Å². The molecule has 2 atom stereocenters. The van der Waals surface area contributed by atoms with E-state index < -0.39 is 5.97 Å². The van der Waals surface area contributed by atoms with Crippen LogP contribution in [0.2, 0.25) is 0 Å².